The number of benzene rings is 1. The van der Waals surface area contributed by atoms with Crippen molar-refractivity contribution in [2.45, 2.75) is 44.7 Å². The number of rotatable bonds is 4. The summed E-state index contributed by atoms with van der Waals surface area (Å²) in [7, 11) is 0. The SMILES string of the molecule is CC(C)N(C=O)C1(C(=O)O)CCc2cc(Br)ccc2C1. The van der Waals surface area contributed by atoms with E-state index in [9.17, 15) is 14.7 Å². The molecular formula is C15H18BrNO3. The Bertz CT molecular complexity index is 544. The van der Waals surface area contributed by atoms with E-state index in [4.69, 9.17) is 0 Å². The molecule has 0 heterocycles. The van der Waals surface area contributed by atoms with Crippen molar-refractivity contribution in [1.29, 1.82) is 0 Å². The molecule has 0 aliphatic heterocycles. The molecule has 1 atom stereocenters. The number of aliphatic carboxylic acids is 1. The van der Waals surface area contributed by atoms with Crippen molar-refractivity contribution in [2.75, 3.05) is 0 Å². The fraction of sp³-hybridized carbons (Fsp3) is 0.467. The van der Waals surface area contributed by atoms with Crippen molar-refractivity contribution < 1.29 is 14.7 Å². The zero-order valence-corrected chi connectivity index (χ0v) is 13.2. The topological polar surface area (TPSA) is 57.6 Å². The molecular weight excluding hydrogens is 322 g/mol. The lowest BCUT2D eigenvalue weighted by Gasteiger charge is -2.43. The molecule has 4 nitrogen and oxygen atoms in total. The van der Waals surface area contributed by atoms with E-state index in [-0.39, 0.29) is 6.04 Å². The first-order valence-electron chi connectivity index (χ1n) is 6.65. The summed E-state index contributed by atoms with van der Waals surface area (Å²) >= 11 is 3.43. The number of halogens is 1. The van der Waals surface area contributed by atoms with Gasteiger partial charge in [-0.05, 0) is 49.9 Å². The maximum Gasteiger partial charge on any atom is 0.329 e. The van der Waals surface area contributed by atoms with Crippen molar-refractivity contribution in [1.82, 2.24) is 4.90 Å². The number of nitrogens with zero attached hydrogens (tertiary/aromatic N) is 1. The Morgan fingerprint density at radius 2 is 2.15 bits per heavy atom. The van der Waals surface area contributed by atoms with Gasteiger partial charge in [-0.25, -0.2) is 4.79 Å². The first kappa shape index (κ1) is 15.0. The molecule has 2 rings (SSSR count). The highest BCUT2D eigenvalue weighted by atomic mass is 79.9. The smallest absolute Gasteiger partial charge is 0.329 e. The predicted molar refractivity (Wildman–Crippen MR) is 79.6 cm³/mol. The van der Waals surface area contributed by atoms with Crippen LogP contribution in [0.15, 0.2) is 22.7 Å². The lowest BCUT2D eigenvalue weighted by Crippen LogP contribution is -2.59. The van der Waals surface area contributed by atoms with Gasteiger partial charge < -0.3 is 10.0 Å². The normalized spacial score (nSPS) is 21.4. The van der Waals surface area contributed by atoms with Gasteiger partial charge in [0.2, 0.25) is 6.41 Å². The van der Waals surface area contributed by atoms with E-state index in [0.717, 1.165) is 15.6 Å². The monoisotopic (exact) mass is 339 g/mol. The number of carbonyl (C=O) groups is 2. The van der Waals surface area contributed by atoms with Crippen molar-refractivity contribution in [3.8, 4) is 0 Å². The molecule has 1 N–H and O–H groups in total. The van der Waals surface area contributed by atoms with Crippen LogP contribution in [0.5, 0.6) is 0 Å². The van der Waals surface area contributed by atoms with Gasteiger partial charge in [0.1, 0.15) is 5.54 Å². The standard InChI is InChI=1S/C15H18BrNO3/c1-10(2)17(9-18)15(14(19)20)6-5-11-7-13(16)4-3-12(11)8-15/h3-4,7,9-10H,5-6,8H2,1-2H3,(H,19,20). The van der Waals surface area contributed by atoms with E-state index in [0.29, 0.717) is 25.7 Å². The summed E-state index contributed by atoms with van der Waals surface area (Å²) in [4.78, 5) is 24.7. The van der Waals surface area contributed by atoms with E-state index in [1.165, 1.54) is 4.90 Å². The maximum absolute atomic E-state index is 11.8. The second-order valence-corrected chi connectivity index (χ2v) is 6.45. The van der Waals surface area contributed by atoms with Crippen LogP contribution in [0.25, 0.3) is 0 Å². The third-order valence-electron chi connectivity index (χ3n) is 4.02. The number of carbonyl (C=O) groups excluding carboxylic acids is 1. The van der Waals surface area contributed by atoms with Gasteiger partial charge in [-0.2, -0.15) is 0 Å². The van der Waals surface area contributed by atoms with E-state index in [1.807, 2.05) is 32.0 Å². The lowest BCUT2D eigenvalue weighted by molar-refractivity contribution is -0.158. The van der Waals surface area contributed by atoms with Crippen LogP contribution in [-0.4, -0.2) is 34.0 Å². The van der Waals surface area contributed by atoms with Gasteiger partial charge >= 0.3 is 5.97 Å². The van der Waals surface area contributed by atoms with Crippen LogP contribution in [-0.2, 0) is 22.4 Å². The minimum absolute atomic E-state index is 0.138. The van der Waals surface area contributed by atoms with Gasteiger partial charge in [0.15, 0.2) is 0 Å². The first-order chi connectivity index (χ1) is 9.40. The minimum atomic E-state index is -1.13. The van der Waals surface area contributed by atoms with Crippen LogP contribution in [0.4, 0.5) is 0 Å². The Morgan fingerprint density at radius 1 is 1.45 bits per heavy atom. The van der Waals surface area contributed by atoms with Gasteiger partial charge in [0.25, 0.3) is 0 Å². The highest BCUT2D eigenvalue weighted by Gasteiger charge is 2.47. The second-order valence-electron chi connectivity index (χ2n) is 5.53. The summed E-state index contributed by atoms with van der Waals surface area (Å²) in [5, 5.41) is 9.71. The molecule has 1 amide bonds. The Labute approximate surface area is 126 Å². The highest BCUT2D eigenvalue weighted by molar-refractivity contribution is 9.10. The molecule has 0 spiro atoms. The van der Waals surface area contributed by atoms with E-state index >= 15 is 0 Å². The van der Waals surface area contributed by atoms with Crippen molar-refractivity contribution in [3.05, 3.63) is 33.8 Å². The number of carboxylic acid groups (broad SMARTS) is 1. The van der Waals surface area contributed by atoms with Crippen LogP contribution in [0.2, 0.25) is 0 Å². The lowest BCUT2D eigenvalue weighted by atomic mass is 9.76. The maximum atomic E-state index is 11.8. The fourth-order valence-electron chi connectivity index (χ4n) is 2.97. The molecule has 0 aromatic heterocycles. The molecule has 0 bridgehead atoms. The first-order valence-corrected chi connectivity index (χ1v) is 7.44. The Hall–Kier alpha value is -1.36. The predicted octanol–water partition coefficient (Wildman–Crippen LogP) is 2.63. The largest absolute Gasteiger partial charge is 0.479 e. The Kier molecular flexibility index (Phi) is 4.18. The Morgan fingerprint density at radius 3 is 2.70 bits per heavy atom. The van der Waals surface area contributed by atoms with Crippen molar-refractivity contribution in [3.63, 3.8) is 0 Å². The van der Waals surface area contributed by atoms with Gasteiger partial charge in [0, 0.05) is 16.9 Å². The molecule has 1 unspecified atom stereocenters. The molecule has 1 aliphatic rings. The number of hydrogen-bond acceptors (Lipinski definition) is 2. The van der Waals surface area contributed by atoms with Gasteiger partial charge in [-0.3, -0.25) is 4.79 Å². The number of hydrogen-bond donors (Lipinski definition) is 1. The van der Waals surface area contributed by atoms with Gasteiger partial charge in [-0.1, -0.05) is 22.0 Å². The third-order valence-corrected chi connectivity index (χ3v) is 4.51. The molecule has 1 aromatic carbocycles. The summed E-state index contributed by atoms with van der Waals surface area (Å²) in [6.45, 7) is 3.69. The van der Waals surface area contributed by atoms with Crippen LogP contribution < -0.4 is 0 Å². The van der Waals surface area contributed by atoms with Crippen LogP contribution >= 0.6 is 15.9 Å². The summed E-state index contributed by atoms with van der Waals surface area (Å²) in [6.07, 6.45) is 2.14. The minimum Gasteiger partial charge on any atom is -0.479 e. The molecule has 0 radical (unpaired) electrons. The molecule has 1 aromatic rings. The van der Waals surface area contributed by atoms with Crippen LogP contribution in [0.1, 0.15) is 31.4 Å². The molecule has 20 heavy (non-hydrogen) atoms. The number of carboxylic acids is 1. The van der Waals surface area contributed by atoms with Crippen molar-refractivity contribution in [2.24, 2.45) is 0 Å². The summed E-state index contributed by atoms with van der Waals surface area (Å²) < 4.78 is 0.996. The molecule has 108 valence electrons. The Balaban J connectivity index is 2.45. The average Bonchev–Trinajstić information content (AvgIpc) is 2.39. The zero-order valence-electron chi connectivity index (χ0n) is 11.6. The molecule has 1 aliphatic carbocycles. The second kappa shape index (κ2) is 5.56. The van der Waals surface area contributed by atoms with E-state index < -0.39 is 11.5 Å². The van der Waals surface area contributed by atoms with Crippen molar-refractivity contribution >= 4 is 28.3 Å². The fourth-order valence-corrected chi connectivity index (χ4v) is 3.38. The van der Waals surface area contributed by atoms with Crippen LogP contribution in [0.3, 0.4) is 0 Å². The molecule has 0 saturated heterocycles. The average molecular weight is 340 g/mol. The number of fused-ring (bicyclic) bond motifs is 1. The molecule has 0 saturated carbocycles. The number of aryl methyl sites for hydroxylation is 1. The number of amides is 1. The quantitative estimate of drug-likeness (QED) is 0.858. The molecule has 5 heteroatoms. The molecule has 0 fully saturated rings. The highest BCUT2D eigenvalue weighted by Crippen LogP contribution is 2.35. The van der Waals surface area contributed by atoms with Gasteiger partial charge in [0.05, 0.1) is 0 Å². The van der Waals surface area contributed by atoms with E-state index in [1.54, 1.807) is 0 Å². The zero-order chi connectivity index (χ0) is 14.9. The van der Waals surface area contributed by atoms with Crippen LogP contribution in [0, 0.1) is 0 Å². The summed E-state index contributed by atoms with van der Waals surface area (Å²) in [6, 6.07) is 5.75. The third kappa shape index (κ3) is 2.46. The van der Waals surface area contributed by atoms with E-state index in [2.05, 4.69) is 15.9 Å². The van der Waals surface area contributed by atoms with Gasteiger partial charge in [-0.15, -0.1) is 0 Å². The summed E-state index contributed by atoms with van der Waals surface area (Å²) in [5.41, 5.74) is 1.04. The summed E-state index contributed by atoms with van der Waals surface area (Å²) in [5.74, 6) is -0.924.